The fraction of sp³-hybridized carbons (Fsp3) is 0.258. The number of benzene rings is 2. The second kappa shape index (κ2) is 10.7. The monoisotopic (exact) mass is 567 g/mol. The molecule has 1 aliphatic heterocycles. The molecule has 214 valence electrons. The lowest BCUT2D eigenvalue weighted by molar-refractivity contribution is 0.0270. The van der Waals surface area contributed by atoms with E-state index in [2.05, 4.69) is 25.4 Å². The number of carbonyl (C=O) groups excluding carboxylic acids is 1. The lowest BCUT2D eigenvalue weighted by atomic mass is 9.97. The van der Waals surface area contributed by atoms with E-state index in [0.717, 1.165) is 16.8 Å². The van der Waals surface area contributed by atoms with E-state index >= 15 is 4.39 Å². The first-order valence-electron chi connectivity index (χ1n) is 13.6. The number of nitrogens with zero attached hydrogens (tertiary/aromatic N) is 6. The molecule has 11 heteroatoms. The second-order valence-corrected chi connectivity index (χ2v) is 11.1. The molecule has 6 rings (SSSR count). The van der Waals surface area contributed by atoms with Crippen molar-refractivity contribution < 1.29 is 18.7 Å². The van der Waals surface area contributed by atoms with Gasteiger partial charge in [0.25, 0.3) is 0 Å². The third kappa shape index (κ3) is 5.58. The van der Waals surface area contributed by atoms with E-state index in [1.807, 2.05) is 64.1 Å². The maximum atomic E-state index is 16.1. The molecule has 0 fully saturated rings. The molecular weight excluding hydrogens is 537 g/mol. The minimum Gasteiger partial charge on any atom is -0.457 e. The van der Waals surface area contributed by atoms with Gasteiger partial charge in [0.05, 0.1) is 10.9 Å². The Balaban J connectivity index is 1.23. The highest BCUT2D eigenvalue weighted by atomic mass is 19.1. The van der Waals surface area contributed by atoms with Crippen LogP contribution in [-0.2, 0) is 4.74 Å². The van der Waals surface area contributed by atoms with Crippen molar-refractivity contribution in [2.45, 2.75) is 39.7 Å². The Bertz CT molecular complexity index is 1840. The van der Waals surface area contributed by atoms with Crippen molar-refractivity contribution >= 4 is 39.7 Å². The molecule has 1 amide bonds. The smallest absolute Gasteiger partial charge is 0.410 e. The van der Waals surface area contributed by atoms with Crippen molar-refractivity contribution in [3.63, 3.8) is 0 Å². The Kier molecular flexibility index (Phi) is 6.93. The summed E-state index contributed by atoms with van der Waals surface area (Å²) in [4.78, 5) is 26.9. The molecule has 3 aromatic heterocycles. The summed E-state index contributed by atoms with van der Waals surface area (Å²) < 4.78 is 29.3. The maximum absolute atomic E-state index is 16.1. The number of ether oxygens (including phenoxy) is 2. The predicted octanol–water partition coefficient (Wildman–Crippen LogP) is 6.68. The van der Waals surface area contributed by atoms with Gasteiger partial charge in [0, 0.05) is 36.6 Å². The van der Waals surface area contributed by atoms with Gasteiger partial charge in [-0.05, 0) is 81.7 Å². The Morgan fingerprint density at radius 3 is 2.67 bits per heavy atom. The quantitative estimate of drug-likeness (QED) is 0.251. The van der Waals surface area contributed by atoms with E-state index in [4.69, 9.17) is 9.47 Å². The molecular formula is C31H30FN7O3. The second-order valence-electron chi connectivity index (χ2n) is 11.1. The first-order valence-corrected chi connectivity index (χ1v) is 13.6. The zero-order valence-corrected chi connectivity index (χ0v) is 23.8. The average molecular weight is 568 g/mol. The molecule has 0 bridgehead atoms. The molecule has 1 aliphatic rings. The molecule has 0 radical (unpaired) electrons. The summed E-state index contributed by atoms with van der Waals surface area (Å²) in [6.45, 7) is 8.22. The molecule has 0 spiro atoms. The number of hydrogen-bond acceptors (Lipinski definition) is 8. The number of nitrogens with one attached hydrogen (secondary N) is 1. The van der Waals surface area contributed by atoms with Crippen molar-refractivity contribution in [3.05, 3.63) is 84.3 Å². The van der Waals surface area contributed by atoms with Gasteiger partial charge in [-0.1, -0.05) is 6.08 Å². The van der Waals surface area contributed by atoms with Crippen LogP contribution in [0.4, 0.5) is 20.7 Å². The van der Waals surface area contributed by atoms with Gasteiger partial charge < -0.3 is 19.7 Å². The number of aromatic nitrogens is 5. The molecule has 0 atom stereocenters. The third-order valence-corrected chi connectivity index (χ3v) is 6.86. The van der Waals surface area contributed by atoms with Gasteiger partial charge >= 0.3 is 6.09 Å². The van der Waals surface area contributed by atoms with Gasteiger partial charge in [-0.15, -0.1) is 0 Å². The largest absolute Gasteiger partial charge is 0.457 e. The highest BCUT2D eigenvalue weighted by molar-refractivity contribution is 5.94. The van der Waals surface area contributed by atoms with Crippen molar-refractivity contribution in [1.82, 2.24) is 29.5 Å². The number of rotatable bonds is 5. The number of fused-ring (bicyclic) bond motifs is 2. The summed E-state index contributed by atoms with van der Waals surface area (Å²) in [6.07, 6.45) is 6.68. The van der Waals surface area contributed by atoms with Gasteiger partial charge in [0.15, 0.2) is 5.65 Å². The van der Waals surface area contributed by atoms with Gasteiger partial charge in [-0.3, -0.25) is 0 Å². The van der Waals surface area contributed by atoms with Gasteiger partial charge in [0.2, 0.25) is 0 Å². The summed E-state index contributed by atoms with van der Waals surface area (Å²) in [6, 6.07) is 12.8. The Morgan fingerprint density at radius 1 is 1.05 bits per heavy atom. The first-order chi connectivity index (χ1) is 20.1. The number of amides is 1. The number of hydrogen-bond donors (Lipinski definition) is 1. The zero-order chi connectivity index (χ0) is 29.4. The van der Waals surface area contributed by atoms with E-state index in [-0.39, 0.29) is 6.09 Å². The highest BCUT2D eigenvalue weighted by Gasteiger charge is 2.25. The van der Waals surface area contributed by atoms with Crippen LogP contribution >= 0.6 is 0 Å². The fourth-order valence-corrected chi connectivity index (χ4v) is 4.83. The number of anilines is 2. The average Bonchev–Trinajstić information content (AvgIpc) is 3.42. The van der Waals surface area contributed by atoms with Crippen molar-refractivity contribution in [3.8, 4) is 11.5 Å². The molecule has 42 heavy (non-hydrogen) atoms. The van der Waals surface area contributed by atoms with Crippen LogP contribution in [0.2, 0.25) is 0 Å². The number of carbonyl (C=O) groups is 1. The zero-order valence-electron chi connectivity index (χ0n) is 23.8. The molecule has 0 saturated heterocycles. The molecule has 2 aromatic carbocycles. The Hall–Kier alpha value is -5.06. The van der Waals surface area contributed by atoms with Crippen LogP contribution in [0.5, 0.6) is 11.5 Å². The standard InChI is InChI=1S/C31H30FN7O3/c1-19-15-21(5-8-25(19)41-22-11-14-39-26(16-22)34-18-36-39)37-29-27-24(33-17-35-29)7-6-23(28(27)32)20-9-12-38(13-10-20)30(40)42-31(2,3)4/h5-9,11,14-18H,10,12-13H2,1-4H3,(H,33,35,37). The molecule has 4 heterocycles. The van der Waals surface area contributed by atoms with E-state index in [1.54, 1.807) is 27.7 Å². The molecule has 0 unspecified atom stereocenters. The topological polar surface area (TPSA) is 107 Å². The number of halogens is 1. The molecule has 0 saturated carbocycles. The van der Waals surface area contributed by atoms with Gasteiger partial charge in [-0.2, -0.15) is 5.10 Å². The lowest BCUT2D eigenvalue weighted by Crippen LogP contribution is -2.39. The number of aryl methyl sites for hydroxylation is 1. The van der Waals surface area contributed by atoms with Crippen molar-refractivity contribution in [1.29, 1.82) is 0 Å². The van der Waals surface area contributed by atoms with Crippen molar-refractivity contribution in [2.24, 2.45) is 0 Å². The summed E-state index contributed by atoms with van der Waals surface area (Å²) in [5.41, 5.74) is 3.49. The summed E-state index contributed by atoms with van der Waals surface area (Å²) in [7, 11) is 0. The van der Waals surface area contributed by atoms with Crippen LogP contribution in [0.3, 0.4) is 0 Å². The Morgan fingerprint density at radius 2 is 1.90 bits per heavy atom. The third-order valence-electron chi connectivity index (χ3n) is 6.86. The predicted molar refractivity (Wildman–Crippen MR) is 157 cm³/mol. The first kappa shape index (κ1) is 27.1. The van der Waals surface area contributed by atoms with Crippen molar-refractivity contribution in [2.75, 3.05) is 18.4 Å². The van der Waals surface area contributed by atoms with Crippen LogP contribution < -0.4 is 10.1 Å². The minimum atomic E-state index is -0.575. The van der Waals surface area contributed by atoms with Gasteiger partial charge in [0.1, 0.15) is 41.4 Å². The summed E-state index contributed by atoms with van der Waals surface area (Å²) in [5.74, 6) is 1.27. The summed E-state index contributed by atoms with van der Waals surface area (Å²) in [5, 5.41) is 7.65. The maximum Gasteiger partial charge on any atom is 0.410 e. The van der Waals surface area contributed by atoms with Crippen LogP contribution in [0.1, 0.15) is 38.3 Å². The number of pyridine rings is 1. The van der Waals surface area contributed by atoms with E-state index < -0.39 is 11.4 Å². The lowest BCUT2D eigenvalue weighted by Gasteiger charge is -2.29. The van der Waals surface area contributed by atoms with Crippen LogP contribution in [0.15, 0.2) is 67.4 Å². The van der Waals surface area contributed by atoms with E-state index in [1.165, 1.54) is 12.7 Å². The molecule has 0 aliphatic carbocycles. The normalized spacial score (nSPS) is 13.7. The van der Waals surface area contributed by atoms with E-state index in [9.17, 15) is 4.79 Å². The molecule has 5 aromatic rings. The van der Waals surface area contributed by atoms with Gasteiger partial charge in [-0.25, -0.2) is 28.7 Å². The molecule has 1 N–H and O–H groups in total. The minimum absolute atomic E-state index is 0.296. The summed E-state index contributed by atoms with van der Waals surface area (Å²) >= 11 is 0. The highest BCUT2D eigenvalue weighted by Crippen LogP contribution is 2.34. The SMILES string of the molecule is Cc1cc(Nc2ncnc3ccc(C4=CCN(C(=O)OC(C)(C)C)CC4)c(F)c23)ccc1Oc1ccn2ncnc2c1. The van der Waals surface area contributed by atoms with E-state index in [0.29, 0.717) is 58.9 Å². The van der Waals surface area contributed by atoms with Crippen LogP contribution in [-0.4, -0.2) is 54.2 Å². The van der Waals surface area contributed by atoms with Crippen LogP contribution in [0, 0.1) is 12.7 Å². The fourth-order valence-electron chi connectivity index (χ4n) is 4.83. The molecule has 10 nitrogen and oxygen atoms in total. The Labute approximate surface area is 241 Å². The van der Waals surface area contributed by atoms with Crippen LogP contribution in [0.25, 0.3) is 22.1 Å².